The van der Waals surface area contributed by atoms with Crippen molar-refractivity contribution in [3.05, 3.63) is 21.8 Å². The first-order valence-electron chi connectivity index (χ1n) is 9.04. The molecule has 1 aliphatic carbocycles. The number of ether oxygens (including phenoxy) is 1. The number of nitrogens with zero attached hydrogens (tertiary/aromatic N) is 3. The van der Waals surface area contributed by atoms with Crippen molar-refractivity contribution in [2.45, 2.75) is 57.7 Å². The van der Waals surface area contributed by atoms with Crippen molar-refractivity contribution in [3.63, 3.8) is 0 Å². The van der Waals surface area contributed by atoms with Gasteiger partial charge in [0.05, 0.1) is 18.4 Å². The molecule has 0 saturated carbocycles. The molecule has 0 atom stereocenters. The molecule has 146 valence electrons. The first-order chi connectivity index (χ1) is 13.0. The molecule has 7 nitrogen and oxygen atoms in total. The van der Waals surface area contributed by atoms with Gasteiger partial charge in [0, 0.05) is 17.3 Å². The molecule has 2 aromatic heterocycles. The molecular formula is C18H24N4O3S2. The summed E-state index contributed by atoms with van der Waals surface area (Å²) in [5.74, 6) is 0.852. The van der Waals surface area contributed by atoms with Crippen molar-refractivity contribution >= 4 is 40.0 Å². The van der Waals surface area contributed by atoms with Gasteiger partial charge in [0.2, 0.25) is 5.91 Å². The maximum Gasteiger partial charge on any atom is 0.341 e. The molecule has 2 heterocycles. The molecule has 0 fully saturated rings. The number of nitrogens with one attached hydrogen (secondary N) is 1. The van der Waals surface area contributed by atoms with Crippen LogP contribution in [-0.2, 0) is 28.9 Å². The van der Waals surface area contributed by atoms with E-state index in [9.17, 15) is 9.59 Å². The zero-order valence-corrected chi connectivity index (χ0v) is 17.6. The van der Waals surface area contributed by atoms with E-state index in [0.29, 0.717) is 10.6 Å². The topological polar surface area (TPSA) is 86.1 Å². The lowest BCUT2D eigenvalue weighted by molar-refractivity contribution is -0.113. The number of thiophene rings is 1. The number of methoxy groups -OCH3 is 1. The van der Waals surface area contributed by atoms with Gasteiger partial charge >= 0.3 is 5.97 Å². The van der Waals surface area contributed by atoms with Gasteiger partial charge in [0.15, 0.2) is 5.16 Å². The van der Waals surface area contributed by atoms with Crippen LogP contribution in [0.5, 0.6) is 0 Å². The predicted octanol–water partition coefficient (Wildman–Crippen LogP) is 3.49. The van der Waals surface area contributed by atoms with E-state index in [1.165, 1.54) is 35.1 Å². The molecule has 0 saturated heterocycles. The summed E-state index contributed by atoms with van der Waals surface area (Å²) >= 11 is 2.84. The van der Waals surface area contributed by atoms with Crippen LogP contribution in [0.4, 0.5) is 5.00 Å². The second-order valence-electron chi connectivity index (χ2n) is 6.63. The highest BCUT2D eigenvalue weighted by molar-refractivity contribution is 7.99. The summed E-state index contributed by atoms with van der Waals surface area (Å²) in [6.07, 6.45) is 2.85. The number of thioether (sulfide) groups is 1. The zero-order valence-electron chi connectivity index (χ0n) is 16.0. The smallest absolute Gasteiger partial charge is 0.341 e. The van der Waals surface area contributed by atoms with Crippen LogP contribution >= 0.6 is 23.1 Å². The van der Waals surface area contributed by atoms with Gasteiger partial charge in [-0.05, 0) is 31.7 Å². The Morgan fingerprint density at radius 2 is 2.11 bits per heavy atom. The molecule has 0 radical (unpaired) electrons. The third kappa shape index (κ3) is 4.03. The number of esters is 1. The van der Waals surface area contributed by atoms with Gasteiger partial charge < -0.3 is 14.6 Å². The van der Waals surface area contributed by atoms with Crippen molar-refractivity contribution in [2.75, 3.05) is 18.2 Å². The fourth-order valence-corrected chi connectivity index (χ4v) is 5.34. The molecule has 0 bridgehead atoms. The highest BCUT2D eigenvalue weighted by Gasteiger charge is 2.28. The normalized spacial score (nSPS) is 13.1. The number of aromatic nitrogens is 3. The molecule has 1 amide bonds. The lowest BCUT2D eigenvalue weighted by Gasteiger charge is -2.09. The minimum absolute atomic E-state index is 0.165. The van der Waals surface area contributed by atoms with Gasteiger partial charge in [-0.2, -0.15) is 0 Å². The zero-order chi connectivity index (χ0) is 19.6. The number of anilines is 1. The molecular weight excluding hydrogens is 384 g/mol. The van der Waals surface area contributed by atoms with Crippen LogP contribution in [0.15, 0.2) is 5.16 Å². The van der Waals surface area contributed by atoms with Crippen LogP contribution in [0.3, 0.4) is 0 Å². The summed E-state index contributed by atoms with van der Waals surface area (Å²) in [6, 6.07) is 0. The first-order valence-corrected chi connectivity index (χ1v) is 10.8. The number of hydrogen-bond acceptors (Lipinski definition) is 7. The second kappa shape index (κ2) is 8.43. The Labute approximate surface area is 166 Å². The monoisotopic (exact) mass is 408 g/mol. The number of amides is 1. The number of hydrogen-bond donors (Lipinski definition) is 1. The van der Waals surface area contributed by atoms with Crippen molar-refractivity contribution < 1.29 is 14.3 Å². The van der Waals surface area contributed by atoms with E-state index in [1.807, 2.05) is 11.5 Å². The summed E-state index contributed by atoms with van der Waals surface area (Å²) in [4.78, 5) is 25.8. The molecule has 9 heteroatoms. The molecule has 0 unspecified atom stereocenters. The van der Waals surface area contributed by atoms with Crippen LogP contribution in [0, 0.1) is 0 Å². The van der Waals surface area contributed by atoms with Crippen molar-refractivity contribution in [2.24, 2.45) is 0 Å². The Kier molecular flexibility index (Phi) is 6.21. The van der Waals surface area contributed by atoms with Gasteiger partial charge in [0.25, 0.3) is 0 Å². The molecule has 1 aliphatic rings. The average molecular weight is 409 g/mol. The average Bonchev–Trinajstić information content (AvgIpc) is 3.32. The minimum atomic E-state index is -0.385. The fourth-order valence-electron chi connectivity index (χ4n) is 3.23. The third-order valence-corrected chi connectivity index (χ3v) is 6.65. The Morgan fingerprint density at radius 3 is 2.78 bits per heavy atom. The van der Waals surface area contributed by atoms with Gasteiger partial charge in [-0.25, -0.2) is 4.79 Å². The Bertz CT molecular complexity index is 857. The number of aryl methyl sites for hydroxylation is 1. The Hall–Kier alpha value is -1.87. The lowest BCUT2D eigenvalue weighted by atomic mass is 10.1. The largest absolute Gasteiger partial charge is 0.465 e. The van der Waals surface area contributed by atoms with Crippen molar-refractivity contribution in [3.8, 4) is 0 Å². The van der Waals surface area contributed by atoms with Crippen LogP contribution in [0.1, 0.15) is 59.7 Å². The molecule has 0 spiro atoms. The van der Waals surface area contributed by atoms with Gasteiger partial charge in [-0.15, -0.1) is 21.5 Å². The van der Waals surface area contributed by atoms with E-state index in [1.54, 1.807) is 0 Å². The third-order valence-electron chi connectivity index (χ3n) is 4.47. The van der Waals surface area contributed by atoms with E-state index in [4.69, 9.17) is 4.74 Å². The number of rotatable bonds is 7. The second-order valence-corrected chi connectivity index (χ2v) is 8.68. The van der Waals surface area contributed by atoms with Crippen molar-refractivity contribution in [1.82, 2.24) is 14.8 Å². The van der Waals surface area contributed by atoms with E-state index >= 15 is 0 Å². The van der Waals surface area contributed by atoms with Crippen molar-refractivity contribution in [1.29, 1.82) is 0 Å². The summed E-state index contributed by atoms with van der Waals surface area (Å²) in [5, 5.41) is 12.7. The van der Waals surface area contributed by atoms with E-state index in [2.05, 4.69) is 29.4 Å². The van der Waals surface area contributed by atoms with E-state index in [-0.39, 0.29) is 23.5 Å². The maximum atomic E-state index is 12.5. The molecule has 0 aliphatic heterocycles. The molecule has 2 aromatic rings. The minimum Gasteiger partial charge on any atom is -0.465 e. The lowest BCUT2D eigenvalue weighted by Crippen LogP contribution is -2.16. The Balaban J connectivity index is 1.70. The fraction of sp³-hybridized carbons (Fsp3) is 0.556. The van der Waals surface area contributed by atoms with Crippen LogP contribution < -0.4 is 5.32 Å². The van der Waals surface area contributed by atoms with E-state index in [0.717, 1.165) is 42.4 Å². The maximum absolute atomic E-state index is 12.5. The number of fused-ring (bicyclic) bond motifs is 1. The van der Waals surface area contributed by atoms with Gasteiger partial charge in [0.1, 0.15) is 10.8 Å². The molecule has 0 aromatic carbocycles. The summed E-state index contributed by atoms with van der Waals surface area (Å²) in [6.45, 7) is 6.94. The highest BCUT2D eigenvalue weighted by atomic mass is 32.2. The first kappa shape index (κ1) is 19.9. The predicted molar refractivity (Wildman–Crippen MR) is 107 cm³/mol. The quantitative estimate of drug-likeness (QED) is 0.557. The van der Waals surface area contributed by atoms with E-state index < -0.39 is 0 Å². The van der Waals surface area contributed by atoms with Gasteiger partial charge in [-0.3, -0.25) is 4.79 Å². The molecule has 1 N–H and O–H groups in total. The molecule has 27 heavy (non-hydrogen) atoms. The number of carbonyl (C=O) groups excluding carboxylic acids is 2. The molecule has 3 rings (SSSR count). The van der Waals surface area contributed by atoms with Crippen LogP contribution in [0.25, 0.3) is 0 Å². The SMILES string of the molecule is CCn1c(SCC(=O)Nc2sc3c(c2C(=O)OC)CCC3)nnc1C(C)C. The summed E-state index contributed by atoms with van der Waals surface area (Å²) < 4.78 is 6.95. The Morgan fingerprint density at radius 1 is 1.33 bits per heavy atom. The van der Waals surface area contributed by atoms with Crippen LogP contribution in [-0.4, -0.2) is 39.5 Å². The summed E-state index contributed by atoms with van der Waals surface area (Å²) in [7, 11) is 1.37. The van der Waals surface area contributed by atoms with Crippen LogP contribution in [0.2, 0.25) is 0 Å². The van der Waals surface area contributed by atoms with Gasteiger partial charge in [-0.1, -0.05) is 25.6 Å². The highest BCUT2D eigenvalue weighted by Crippen LogP contribution is 2.39. The standard InChI is InChI=1S/C18H24N4O3S2/c1-5-22-15(10(2)3)20-21-18(22)26-9-13(23)19-16-14(17(24)25-4)11-7-6-8-12(11)27-16/h10H,5-9H2,1-4H3,(H,19,23). The summed E-state index contributed by atoms with van der Waals surface area (Å²) in [5.41, 5.74) is 1.55. The number of carbonyl (C=O) groups is 2.